The van der Waals surface area contributed by atoms with Crippen LogP contribution in [0, 0.1) is 6.92 Å². The van der Waals surface area contributed by atoms with Crippen molar-refractivity contribution in [2.45, 2.75) is 39.1 Å². The van der Waals surface area contributed by atoms with Crippen LogP contribution >= 0.6 is 23.5 Å². The van der Waals surface area contributed by atoms with E-state index in [1.165, 1.54) is 16.0 Å². The van der Waals surface area contributed by atoms with E-state index in [1.807, 2.05) is 11.8 Å². The number of aryl methyl sites for hydroxylation is 1. The number of amidine groups is 1. The molecule has 0 saturated heterocycles. The Hall–Kier alpha value is -4.52. The van der Waals surface area contributed by atoms with Crippen LogP contribution in [0.3, 0.4) is 0 Å². The minimum absolute atomic E-state index is 0.0252. The van der Waals surface area contributed by atoms with Gasteiger partial charge < -0.3 is 4.84 Å². The summed E-state index contributed by atoms with van der Waals surface area (Å²) in [5.74, 6) is 0.818. The summed E-state index contributed by atoms with van der Waals surface area (Å²) in [7, 11) is 0. The fourth-order valence-electron chi connectivity index (χ4n) is 6.08. The number of pyridine rings is 1. The number of anilines is 1. The summed E-state index contributed by atoms with van der Waals surface area (Å²) in [5, 5.41) is 7.02. The lowest BCUT2D eigenvalue weighted by atomic mass is 9.92. The zero-order valence-electron chi connectivity index (χ0n) is 24.1. The number of fused-ring (bicyclic) bond motifs is 4. The number of oxime groups is 1. The van der Waals surface area contributed by atoms with Crippen LogP contribution in [-0.4, -0.2) is 10.8 Å². The van der Waals surface area contributed by atoms with Crippen molar-refractivity contribution in [2.24, 2.45) is 5.16 Å². The summed E-state index contributed by atoms with van der Waals surface area (Å²) in [4.78, 5) is 16.7. The van der Waals surface area contributed by atoms with Crippen LogP contribution in [0.25, 0.3) is 10.9 Å². The largest absolute Gasteiger partial charge is 0.360 e. The Balaban J connectivity index is 1.33. The maximum atomic E-state index is 6.74. The van der Waals surface area contributed by atoms with Crippen LogP contribution in [-0.2, 0) is 10.6 Å². The molecule has 6 heteroatoms. The summed E-state index contributed by atoms with van der Waals surface area (Å²) in [6.07, 6.45) is 0.664. The number of hydrogen-bond donors (Lipinski definition) is 0. The van der Waals surface area contributed by atoms with Gasteiger partial charge in [-0.1, -0.05) is 126 Å². The number of hydrogen-bond acceptors (Lipinski definition) is 6. The van der Waals surface area contributed by atoms with Gasteiger partial charge in [-0.15, -0.1) is 11.8 Å². The Morgan fingerprint density at radius 2 is 1.50 bits per heavy atom. The second-order valence-electron chi connectivity index (χ2n) is 11.1. The summed E-state index contributed by atoms with van der Waals surface area (Å²) in [5.41, 5.74) is 5.73. The van der Waals surface area contributed by atoms with Gasteiger partial charge in [-0.3, -0.25) is 4.90 Å². The first-order valence-electron chi connectivity index (χ1n) is 14.8. The van der Waals surface area contributed by atoms with Crippen LogP contribution in [0.1, 0.15) is 33.9 Å². The van der Waals surface area contributed by atoms with Crippen molar-refractivity contribution >= 4 is 45.9 Å². The van der Waals surface area contributed by atoms with Gasteiger partial charge in [0.05, 0.1) is 11.2 Å². The molecular formula is C38H29N3OS2. The van der Waals surface area contributed by atoms with E-state index in [-0.39, 0.29) is 5.25 Å². The van der Waals surface area contributed by atoms with Gasteiger partial charge in [0.2, 0.25) is 5.72 Å². The molecule has 0 aliphatic carbocycles. The van der Waals surface area contributed by atoms with E-state index < -0.39 is 5.72 Å². The van der Waals surface area contributed by atoms with Gasteiger partial charge in [-0.2, -0.15) is 0 Å². The van der Waals surface area contributed by atoms with Crippen LogP contribution < -0.4 is 4.90 Å². The number of thioether (sulfide) groups is 1. The van der Waals surface area contributed by atoms with Crippen molar-refractivity contribution in [3.05, 3.63) is 162 Å². The van der Waals surface area contributed by atoms with Crippen molar-refractivity contribution in [3.63, 3.8) is 0 Å². The van der Waals surface area contributed by atoms with Gasteiger partial charge in [-0.25, -0.2) is 4.98 Å². The van der Waals surface area contributed by atoms with Gasteiger partial charge in [0.25, 0.3) is 0 Å². The molecule has 0 fully saturated rings. The van der Waals surface area contributed by atoms with Crippen LogP contribution in [0.4, 0.5) is 5.69 Å². The molecule has 5 aromatic carbocycles. The highest BCUT2D eigenvalue weighted by Crippen LogP contribution is 2.57. The minimum Gasteiger partial charge on any atom is -0.360 e. The van der Waals surface area contributed by atoms with Gasteiger partial charge in [-0.05, 0) is 48.9 Å². The number of nitrogens with zero attached hydrogens (tertiary/aromatic N) is 3. The highest BCUT2D eigenvalue weighted by atomic mass is 32.2. The van der Waals surface area contributed by atoms with E-state index in [2.05, 4.69) is 151 Å². The van der Waals surface area contributed by atoms with E-state index in [4.69, 9.17) is 15.0 Å². The average Bonchev–Trinajstić information content (AvgIpc) is 3.38. The predicted octanol–water partition coefficient (Wildman–Crippen LogP) is 9.98. The maximum Gasteiger partial charge on any atom is 0.242 e. The van der Waals surface area contributed by atoms with Crippen molar-refractivity contribution in [1.82, 2.24) is 4.98 Å². The Morgan fingerprint density at radius 3 is 2.32 bits per heavy atom. The number of benzene rings is 5. The molecule has 0 spiro atoms. The quantitative estimate of drug-likeness (QED) is 0.195. The van der Waals surface area contributed by atoms with Gasteiger partial charge in [0.1, 0.15) is 5.03 Å². The van der Waals surface area contributed by atoms with Crippen molar-refractivity contribution in [2.75, 3.05) is 4.90 Å². The van der Waals surface area contributed by atoms with Gasteiger partial charge >= 0.3 is 0 Å². The van der Waals surface area contributed by atoms with Crippen molar-refractivity contribution < 1.29 is 4.84 Å². The lowest BCUT2D eigenvalue weighted by molar-refractivity contribution is -0.0284. The predicted molar refractivity (Wildman–Crippen MR) is 181 cm³/mol. The molecule has 2 unspecified atom stereocenters. The van der Waals surface area contributed by atoms with Crippen molar-refractivity contribution in [3.8, 4) is 0 Å². The summed E-state index contributed by atoms with van der Waals surface area (Å²) in [6.45, 7) is 2.11. The van der Waals surface area contributed by atoms with Gasteiger partial charge in [0.15, 0.2) is 5.84 Å². The number of aromatic nitrogens is 1. The van der Waals surface area contributed by atoms with E-state index in [0.717, 1.165) is 43.5 Å². The molecule has 44 heavy (non-hydrogen) atoms. The highest BCUT2D eigenvalue weighted by Gasteiger charge is 2.53. The molecule has 2 aliphatic heterocycles. The molecule has 6 aromatic rings. The second-order valence-corrected chi connectivity index (χ2v) is 13.4. The smallest absolute Gasteiger partial charge is 0.242 e. The normalized spacial score (nSPS) is 19.1. The molecule has 8 rings (SSSR count). The van der Waals surface area contributed by atoms with E-state index in [0.29, 0.717) is 6.42 Å². The first-order chi connectivity index (χ1) is 21.7. The van der Waals surface area contributed by atoms with Gasteiger partial charge in [0, 0.05) is 38.0 Å². The molecule has 0 saturated carbocycles. The summed E-state index contributed by atoms with van der Waals surface area (Å²) >= 11 is 3.61. The maximum absolute atomic E-state index is 6.74. The molecule has 214 valence electrons. The monoisotopic (exact) mass is 607 g/mol. The third kappa shape index (κ3) is 4.75. The number of rotatable bonds is 5. The van der Waals surface area contributed by atoms with E-state index in [1.54, 1.807) is 11.8 Å². The first-order valence-corrected chi connectivity index (χ1v) is 16.4. The highest BCUT2D eigenvalue weighted by molar-refractivity contribution is 8.00. The molecule has 0 N–H and O–H groups in total. The van der Waals surface area contributed by atoms with Crippen molar-refractivity contribution in [1.29, 1.82) is 0 Å². The number of para-hydroxylation sites is 2. The molecule has 4 nitrogen and oxygen atoms in total. The first kappa shape index (κ1) is 27.1. The average molecular weight is 608 g/mol. The van der Waals surface area contributed by atoms with E-state index >= 15 is 0 Å². The van der Waals surface area contributed by atoms with Crippen LogP contribution in [0.2, 0.25) is 0 Å². The second kappa shape index (κ2) is 11.2. The molecular weight excluding hydrogens is 579 g/mol. The topological polar surface area (TPSA) is 37.7 Å². The lowest BCUT2D eigenvalue weighted by Gasteiger charge is -2.38. The summed E-state index contributed by atoms with van der Waals surface area (Å²) in [6, 6.07) is 49.0. The van der Waals surface area contributed by atoms with Crippen LogP contribution in [0.5, 0.6) is 0 Å². The zero-order valence-corrected chi connectivity index (χ0v) is 25.8. The third-order valence-corrected chi connectivity index (χ3v) is 10.6. The molecule has 0 amide bonds. The Morgan fingerprint density at radius 1 is 0.795 bits per heavy atom. The Kier molecular flexibility index (Phi) is 6.89. The fourth-order valence-corrected chi connectivity index (χ4v) is 8.49. The van der Waals surface area contributed by atoms with Crippen LogP contribution in [0.15, 0.2) is 159 Å². The molecule has 2 aliphatic rings. The SMILES string of the molecule is Cc1ccc(C2=NOC3(c4ccccc4)CC(c4cc5ccccc5nc4Sc4ccccc4)Sc4ccccc4N23)cc1. The molecule has 1 aromatic heterocycles. The fraction of sp³-hybridized carbons (Fsp3) is 0.105. The lowest BCUT2D eigenvalue weighted by Crippen LogP contribution is -2.47. The third-order valence-electron chi connectivity index (χ3n) is 8.25. The molecule has 0 bridgehead atoms. The Bertz CT molecular complexity index is 2000. The van der Waals surface area contributed by atoms with E-state index in [9.17, 15) is 0 Å². The molecule has 2 atom stereocenters. The standard InChI is InChI=1S/C38H29N3OS2/c1-26-20-22-27(23-21-26)36-40-42-38(29-13-4-2-5-14-29)25-35(44-34-19-11-10-18-33(34)41(36)38)31-24-28-12-8-9-17-32(28)39-37(31)43-30-15-6-3-7-16-30/h2-24,35H,25H2,1H3. The zero-order chi connectivity index (χ0) is 29.5. The summed E-state index contributed by atoms with van der Waals surface area (Å²) < 4.78 is 0. The molecule has 3 heterocycles. The Labute approximate surface area is 265 Å². The minimum atomic E-state index is -0.855. The molecule has 0 radical (unpaired) electrons.